The van der Waals surface area contributed by atoms with E-state index in [0.717, 1.165) is 17.4 Å². The molecule has 1 N–H and O–H groups in total. The molecule has 0 bridgehead atoms. The summed E-state index contributed by atoms with van der Waals surface area (Å²) < 4.78 is 5.74. The second-order valence-electron chi connectivity index (χ2n) is 4.17. The highest BCUT2D eigenvalue weighted by Crippen LogP contribution is 2.20. The molecule has 17 heavy (non-hydrogen) atoms. The van der Waals surface area contributed by atoms with E-state index in [1.807, 2.05) is 32.9 Å². The predicted octanol–water partition coefficient (Wildman–Crippen LogP) is 3.10. The Hall–Kier alpha value is -1.77. The van der Waals surface area contributed by atoms with E-state index in [4.69, 9.17) is 9.84 Å². The van der Waals surface area contributed by atoms with Gasteiger partial charge >= 0.3 is 5.97 Å². The fourth-order valence-corrected chi connectivity index (χ4v) is 1.56. The summed E-state index contributed by atoms with van der Waals surface area (Å²) in [5.74, 6) is -0.0736. The predicted molar refractivity (Wildman–Crippen MR) is 67.4 cm³/mol. The second kappa shape index (κ2) is 6.09. The third-order valence-corrected chi connectivity index (χ3v) is 2.39. The Kier molecular flexibility index (Phi) is 4.76. The first-order valence-electron chi connectivity index (χ1n) is 5.62. The number of ether oxygens (including phenoxy) is 1. The number of rotatable bonds is 5. The van der Waals surface area contributed by atoms with Crippen LogP contribution in [0.1, 0.15) is 24.5 Å². The summed E-state index contributed by atoms with van der Waals surface area (Å²) in [5, 5.41) is 8.46. The van der Waals surface area contributed by atoms with Gasteiger partial charge in [-0.1, -0.05) is 23.8 Å². The molecule has 0 amide bonds. The highest BCUT2D eigenvalue weighted by Gasteiger charge is 2.05. The van der Waals surface area contributed by atoms with Gasteiger partial charge in [0.1, 0.15) is 5.75 Å². The SMILES string of the molecule is Cc1ccc(OC(C)C/C=C/C(=O)O)c(C)c1. The molecule has 0 heterocycles. The molecule has 0 saturated heterocycles. The monoisotopic (exact) mass is 234 g/mol. The summed E-state index contributed by atoms with van der Waals surface area (Å²) in [7, 11) is 0. The highest BCUT2D eigenvalue weighted by atomic mass is 16.5. The molecule has 1 unspecified atom stereocenters. The first-order valence-corrected chi connectivity index (χ1v) is 5.62. The zero-order valence-corrected chi connectivity index (χ0v) is 10.4. The van der Waals surface area contributed by atoms with Gasteiger partial charge in [-0.25, -0.2) is 4.79 Å². The Morgan fingerprint density at radius 3 is 2.76 bits per heavy atom. The average Bonchev–Trinajstić information content (AvgIpc) is 2.21. The smallest absolute Gasteiger partial charge is 0.327 e. The molecule has 0 radical (unpaired) electrons. The van der Waals surface area contributed by atoms with Gasteiger partial charge < -0.3 is 9.84 Å². The minimum atomic E-state index is -0.927. The molecule has 0 aliphatic heterocycles. The van der Waals surface area contributed by atoms with Crippen molar-refractivity contribution in [3.63, 3.8) is 0 Å². The second-order valence-corrected chi connectivity index (χ2v) is 4.17. The van der Waals surface area contributed by atoms with Crippen molar-refractivity contribution in [1.82, 2.24) is 0 Å². The number of carboxylic acids is 1. The Morgan fingerprint density at radius 2 is 2.18 bits per heavy atom. The number of hydrogen-bond acceptors (Lipinski definition) is 2. The van der Waals surface area contributed by atoms with Crippen molar-refractivity contribution in [3.8, 4) is 5.75 Å². The normalized spacial score (nSPS) is 12.6. The zero-order valence-electron chi connectivity index (χ0n) is 10.4. The number of carboxylic acid groups (broad SMARTS) is 1. The number of benzene rings is 1. The summed E-state index contributed by atoms with van der Waals surface area (Å²) in [6.07, 6.45) is 3.30. The van der Waals surface area contributed by atoms with Gasteiger partial charge in [-0.3, -0.25) is 0 Å². The molecule has 0 saturated carbocycles. The van der Waals surface area contributed by atoms with E-state index in [-0.39, 0.29) is 6.10 Å². The first kappa shape index (κ1) is 13.3. The minimum Gasteiger partial charge on any atom is -0.490 e. The van der Waals surface area contributed by atoms with Gasteiger partial charge in [0.2, 0.25) is 0 Å². The topological polar surface area (TPSA) is 46.5 Å². The van der Waals surface area contributed by atoms with Crippen LogP contribution in [-0.2, 0) is 4.79 Å². The molecular weight excluding hydrogens is 216 g/mol. The maximum atomic E-state index is 10.3. The van der Waals surface area contributed by atoms with Gasteiger partial charge in [0.05, 0.1) is 6.10 Å². The molecule has 0 aliphatic carbocycles. The van der Waals surface area contributed by atoms with Gasteiger partial charge in [0, 0.05) is 12.5 Å². The van der Waals surface area contributed by atoms with Gasteiger partial charge in [-0.05, 0) is 32.4 Å². The maximum absolute atomic E-state index is 10.3. The molecule has 1 rings (SSSR count). The molecule has 1 aromatic carbocycles. The lowest BCUT2D eigenvalue weighted by Crippen LogP contribution is -2.11. The lowest BCUT2D eigenvalue weighted by atomic mass is 10.1. The van der Waals surface area contributed by atoms with Crippen molar-refractivity contribution in [1.29, 1.82) is 0 Å². The first-order chi connectivity index (χ1) is 7.99. The van der Waals surface area contributed by atoms with Crippen LogP contribution in [0.25, 0.3) is 0 Å². The molecule has 0 fully saturated rings. The summed E-state index contributed by atoms with van der Waals surface area (Å²) in [6, 6.07) is 6.01. The number of hydrogen-bond donors (Lipinski definition) is 1. The van der Waals surface area contributed by atoms with Crippen molar-refractivity contribution in [2.75, 3.05) is 0 Å². The summed E-state index contributed by atoms with van der Waals surface area (Å²) >= 11 is 0. The van der Waals surface area contributed by atoms with E-state index >= 15 is 0 Å². The van der Waals surface area contributed by atoms with Crippen LogP contribution in [0.3, 0.4) is 0 Å². The highest BCUT2D eigenvalue weighted by molar-refractivity contribution is 5.79. The molecule has 0 aliphatic rings. The van der Waals surface area contributed by atoms with Crippen LogP contribution in [0, 0.1) is 13.8 Å². The molecule has 1 atom stereocenters. The molecule has 3 nitrogen and oxygen atoms in total. The van der Waals surface area contributed by atoms with Crippen LogP contribution in [0.5, 0.6) is 5.75 Å². The minimum absolute atomic E-state index is 0.0352. The lowest BCUT2D eigenvalue weighted by Gasteiger charge is -2.15. The Labute approximate surface area is 102 Å². The van der Waals surface area contributed by atoms with Crippen LogP contribution >= 0.6 is 0 Å². The fourth-order valence-electron chi connectivity index (χ4n) is 1.56. The molecule has 1 aromatic rings. The van der Waals surface area contributed by atoms with E-state index in [9.17, 15) is 4.79 Å². The fraction of sp³-hybridized carbons (Fsp3) is 0.357. The van der Waals surface area contributed by atoms with E-state index in [0.29, 0.717) is 6.42 Å². The van der Waals surface area contributed by atoms with Crippen molar-refractivity contribution < 1.29 is 14.6 Å². The summed E-state index contributed by atoms with van der Waals surface area (Å²) in [4.78, 5) is 10.3. The van der Waals surface area contributed by atoms with Crippen LogP contribution in [0.15, 0.2) is 30.4 Å². The van der Waals surface area contributed by atoms with Crippen molar-refractivity contribution >= 4 is 5.97 Å². The largest absolute Gasteiger partial charge is 0.490 e. The van der Waals surface area contributed by atoms with Crippen LogP contribution in [0.2, 0.25) is 0 Å². The lowest BCUT2D eigenvalue weighted by molar-refractivity contribution is -0.131. The van der Waals surface area contributed by atoms with Crippen molar-refractivity contribution in [2.45, 2.75) is 33.3 Å². The van der Waals surface area contributed by atoms with E-state index in [1.54, 1.807) is 6.08 Å². The zero-order chi connectivity index (χ0) is 12.8. The van der Waals surface area contributed by atoms with Crippen molar-refractivity contribution in [2.24, 2.45) is 0 Å². The van der Waals surface area contributed by atoms with Crippen molar-refractivity contribution in [3.05, 3.63) is 41.5 Å². The van der Waals surface area contributed by atoms with E-state index in [1.165, 1.54) is 5.56 Å². The molecule has 92 valence electrons. The standard InChI is InChI=1S/C14H18O3/c1-10-7-8-13(11(2)9-10)17-12(3)5-4-6-14(15)16/h4,6-9,12H,5H2,1-3H3,(H,15,16)/b6-4+. The summed E-state index contributed by atoms with van der Waals surface area (Å²) in [6.45, 7) is 5.96. The Balaban J connectivity index is 2.56. The molecule has 0 aromatic heterocycles. The molecule has 3 heteroatoms. The van der Waals surface area contributed by atoms with Gasteiger partial charge in [-0.2, -0.15) is 0 Å². The number of aryl methyl sites for hydroxylation is 2. The maximum Gasteiger partial charge on any atom is 0.327 e. The van der Waals surface area contributed by atoms with Crippen LogP contribution < -0.4 is 4.74 Å². The molecule has 0 spiro atoms. The number of carbonyl (C=O) groups is 1. The van der Waals surface area contributed by atoms with Crippen LogP contribution in [0.4, 0.5) is 0 Å². The van der Waals surface area contributed by atoms with E-state index in [2.05, 4.69) is 6.07 Å². The molecular formula is C14H18O3. The van der Waals surface area contributed by atoms with Crippen LogP contribution in [-0.4, -0.2) is 17.2 Å². The summed E-state index contributed by atoms with van der Waals surface area (Å²) in [5.41, 5.74) is 2.30. The Bertz CT molecular complexity index is 421. The van der Waals surface area contributed by atoms with Gasteiger partial charge in [0.25, 0.3) is 0 Å². The third kappa shape index (κ3) is 4.72. The van der Waals surface area contributed by atoms with Gasteiger partial charge in [-0.15, -0.1) is 0 Å². The number of aliphatic carboxylic acids is 1. The van der Waals surface area contributed by atoms with E-state index < -0.39 is 5.97 Å². The quantitative estimate of drug-likeness (QED) is 0.796. The van der Waals surface area contributed by atoms with Gasteiger partial charge in [0.15, 0.2) is 0 Å². The third-order valence-electron chi connectivity index (χ3n) is 2.39. The Morgan fingerprint density at radius 1 is 1.47 bits per heavy atom. The average molecular weight is 234 g/mol.